The van der Waals surface area contributed by atoms with Crippen LogP contribution in [0.4, 0.5) is 5.82 Å². The Morgan fingerprint density at radius 2 is 2.00 bits per heavy atom. The van der Waals surface area contributed by atoms with Crippen LogP contribution in [-0.2, 0) is 11.2 Å². The average molecular weight is 329 g/mol. The predicted octanol–water partition coefficient (Wildman–Crippen LogP) is 2.42. The molecule has 126 valence electrons. The van der Waals surface area contributed by atoms with Gasteiger partial charge in [0.25, 0.3) is 5.91 Å². The Balaban J connectivity index is 1.91. The van der Waals surface area contributed by atoms with E-state index in [1.165, 1.54) is 6.07 Å². The van der Waals surface area contributed by atoms with Crippen LogP contribution in [-0.4, -0.2) is 28.5 Å². The summed E-state index contributed by atoms with van der Waals surface area (Å²) in [5, 5.41) is 13.8. The summed E-state index contributed by atoms with van der Waals surface area (Å²) in [5.41, 5.74) is 1.62. The number of ether oxygens (including phenoxy) is 1. The number of aromatic nitrogens is 1. The van der Waals surface area contributed by atoms with Crippen LogP contribution in [0, 0.1) is 17.0 Å². The monoisotopic (exact) mass is 329 g/mol. The number of nitro groups is 1. The fourth-order valence-corrected chi connectivity index (χ4v) is 2.12. The van der Waals surface area contributed by atoms with Crippen molar-refractivity contribution in [2.75, 3.05) is 6.54 Å². The van der Waals surface area contributed by atoms with Gasteiger partial charge in [0.2, 0.25) is 5.75 Å². The van der Waals surface area contributed by atoms with Crippen LogP contribution >= 0.6 is 0 Å². The van der Waals surface area contributed by atoms with Crippen molar-refractivity contribution in [1.82, 2.24) is 10.3 Å². The zero-order valence-corrected chi connectivity index (χ0v) is 13.6. The second-order valence-corrected chi connectivity index (χ2v) is 5.32. The Bertz CT molecular complexity index is 719. The van der Waals surface area contributed by atoms with Crippen LogP contribution in [0.5, 0.6) is 5.75 Å². The summed E-state index contributed by atoms with van der Waals surface area (Å²) < 4.78 is 5.41. The summed E-state index contributed by atoms with van der Waals surface area (Å²) in [5.74, 6) is -0.740. The summed E-state index contributed by atoms with van der Waals surface area (Å²) in [6.45, 7) is 3.66. The van der Waals surface area contributed by atoms with Gasteiger partial charge in [0.05, 0.1) is 0 Å². The molecule has 0 aliphatic rings. The molecule has 1 heterocycles. The first kappa shape index (κ1) is 17.4. The van der Waals surface area contributed by atoms with Gasteiger partial charge < -0.3 is 20.2 Å². The average Bonchev–Trinajstić information content (AvgIpc) is 2.57. The van der Waals surface area contributed by atoms with Crippen LogP contribution in [0.3, 0.4) is 0 Å². The molecule has 7 heteroatoms. The molecule has 0 unspecified atom stereocenters. The topological polar surface area (TPSA) is 94.4 Å². The zero-order valence-electron chi connectivity index (χ0n) is 13.6. The molecule has 1 aromatic carbocycles. The van der Waals surface area contributed by atoms with E-state index < -0.39 is 11.0 Å². The van der Waals surface area contributed by atoms with Gasteiger partial charge in [-0.3, -0.25) is 4.79 Å². The van der Waals surface area contributed by atoms with E-state index in [0.717, 1.165) is 5.56 Å². The zero-order chi connectivity index (χ0) is 17.5. The number of hydrogen-bond donors (Lipinski definition) is 1. The first-order valence-electron chi connectivity index (χ1n) is 7.57. The third kappa shape index (κ3) is 4.77. The van der Waals surface area contributed by atoms with Crippen molar-refractivity contribution >= 4 is 11.7 Å². The Morgan fingerprint density at radius 1 is 1.29 bits per heavy atom. The third-order valence-electron chi connectivity index (χ3n) is 3.38. The van der Waals surface area contributed by atoms with Crippen LogP contribution in [0.1, 0.15) is 18.2 Å². The maximum Gasteiger partial charge on any atom is 0.406 e. The van der Waals surface area contributed by atoms with Crippen molar-refractivity contribution < 1.29 is 14.5 Å². The van der Waals surface area contributed by atoms with Gasteiger partial charge in [-0.1, -0.05) is 30.3 Å². The van der Waals surface area contributed by atoms with E-state index in [1.807, 2.05) is 30.3 Å². The van der Waals surface area contributed by atoms with Gasteiger partial charge in [-0.25, -0.2) is 0 Å². The maximum atomic E-state index is 12.1. The number of rotatable bonds is 7. The number of amides is 1. The Kier molecular flexibility index (Phi) is 5.83. The maximum absolute atomic E-state index is 12.1. The number of carbonyl (C=O) groups excluding carboxylic acids is 1. The van der Waals surface area contributed by atoms with Crippen molar-refractivity contribution in [3.8, 4) is 5.75 Å². The van der Waals surface area contributed by atoms with E-state index in [4.69, 9.17) is 4.74 Å². The number of nitrogens with zero attached hydrogens (tertiary/aromatic N) is 2. The highest BCUT2D eigenvalue weighted by Crippen LogP contribution is 2.25. The minimum Gasteiger partial charge on any atom is -0.473 e. The molecule has 0 aliphatic heterocycles. The van der Waals surface area contributed by atoms with Gasteiger partial charge in [-0.05, 0) is 40.9 Å². The summed E-state index contributed by atoms with van der Waals surface area (Å²) in [6.07, 6.45) is -0.157. The van der Waals surface area contributed by atoms with Crippen molar-refractivity contribution in [2.45, 2.75) is 26.4 Å². The molecule has 0 radical (unpaired) electrons. The Labute approximate surface area is 139 Å². The highest BCUT2D eigenvalue weighted by atomic mass is 16.6. The second-order valence-electron chi connectivity index (χ2n) is 5.32. The number of carbonyl (C=O) groups is 1. The molecule has 0 fully saturated rings. The van der Waals surface area contributed by atoms with Crippen molar-refractivity contribution in [3.63, 3.8) is 0 Å². The molecule has 24 heavy (non-hydrogen) atoms. The van der Waals surface area contributed by atoms with Crippen molar-refractivity contribution in [3.05, 3.63) is 63.8 Å². The molecule has 0 saturated carbocycles. The molecule has 1 aromatic heterocycles. The molecule has 7 nitrogen and oxygen atoms in total. The van der Waals surface area contributed by atoms with Gasteiger partial charge in [-0.2, -0.15) is 0 Å². The van der Waals surface area contributed by atoms with E-state index in [2.05, 4.69) is 10.3 Å². The van der Waals surface area contributed by atoms with Gasteiger partial charge in [0, 0.05) is 13.5 Å². The summed E-state index contributed by atoms with van der Waals surface area (Å²) in [7, 11) is 0. The van der Waals surface area contributed by atoms with Gasteiger partial charge in [-0.15, -0.1) is 0 Å². The van der Waals surface area contributed by atoms with E-state index >= 15 is 0 Å². The fourth-order valence-electron chi connectivity index (χ4n) is 2.12. The molecular weight excluding hydrogens is 310 g/mol. The molecular formula is C17H19N3O4. The molecule has 0 saturated heterocycles. The highest BCUT2D eigenvalue weighted by Gasteiger charge is 2.22. The molecule has 0 bridgehead atoms. The fraction of sp³-hybridized carbons (Fsp3) is 0.294. The van der Waals surface area contributed by atoms with Crippen molar-refractivity contribution in [2.24, 2.45) is 0 Å². The smallest absolute Gasteiger partial charge is 0.406 e. The lowest BCUT2D eigenvalue weighted by molar-refractivity contribution is -0.390. The van der Waals surface area contributed by atoms with Crippen molar-refractivity contribution in [1.29, 1.82) is 0 Å². The van der Waals surface area contributed by atoms with E-state index in [9.17, 15) is 14.9 Å². The lowest BCUT2D eigenvalue weighted by Crippen LogP contribution is -2.37. The lowest BCUT2D eigenvalue weighted by atomic mass is 10.1. The summed E-state index contributed by atoms with van der Waals surface area (Å²) in [4.78, 5) is 26.3. The van der Waals surface area contributed by atoms with Crippen LogP contribution in [0.2, 0.25) is 0 Å². The minimum atomic E-state index is -0.857. The standard InChI is InChI=1S/C17H19N3O4/c1-12-8-9-15(16(19-12)20(22)23)24-13(2)17(21)18-11-10-14-6-4-3-5-7-14/h3-9,13H,10-11H2,1-2H3,(H,18,21)/t13-/m0/s1. The summed E-state index contributed by atoms with van der Waals surface area (Å²) >= 11 is 0. The molecule has 2 rings (SSSR count). The lowest BCUT2D eigenvalue weighted by Gasteiger charge is -2.14. The second kappa shape index (κ2) is 8.05. The SMILES string of the molecule is Cc1ccc(O[C@@H](C)C(=O)NCCc2ccccc2)c([N+](=O)[O-])n1. The Hall–Kier alpha value is -2.96. The largest absolute Gasteiger partial charge is 0.473 e. The molecule has 0 spiro atoms. The van der Waals surface area contributed by atoms with Crippen LogP contribution in [0.15, 0.2) is 42.5 Å². The minimum absolute atomic E-state index is 0.0173. The van der Waals surface area contributed by atoms with Crippen LogP contribution in [0.25, 0.3) is 0 Å². The van der Waals surface area contributed by atoms with Gasteiger partial charge in [0.15, 0.2) is 6.10 Å². The first-order valence-corrected chi connectivity index (χ1v) is 7.57. The first-order chi connectivity index (χ1) is 11.5. The summed E-state index contributed by atoms with van der Waals surface area (Å²) in [6, 6.07) is 12.8. The number of aryl methyl sites for hydroxylation is 1. The molecule has 1 N–H and O–H groups in total. The van der Waals surface area contributed by atoms with Gasteiger partial charge >= 0.3 is 5.82 Å². The molecule has 0 aliphatic carbocycles. The Morgan fingerprint density at radius 3 is 2.67 bits per heavy atom. The predicted molar refractivity (Wildman–Crippen MR) is 88.9 cm³/mol. The van der Waals surface area contributed by atoms with E-state index in [0.29, 0.717) is 18.7 Å². The molecule has 1 amide bonds. The van der Waals surface area contributed by atoms with E-state index in [1.54, 1.807) is 19.9 Å². The number of pyridine rings is 1. The quantitative estimate of drug-likeness (QED) is 0.622. The third-order valence-corrected chi connectivity index (χ3v) is 3.38. The van der Waals surface area contributed by atoms with E-state index in [-0.39, 0.29) is 17.5 Å². The number of hydrogen-bond acceptors (Lipinski definition) is 5. The van der Waals surface area contributed by atoms with Gasteiger partial charge in [0.1, 0.15) is 5.69 Å². The highest BCUT2D eigenvalue weighted by molar-refractivity contribution is 5.80. The molecule has 1 atom stereocenters. The van der Waals surface area contributed by atoms with Crippen LogP contribution < -0.4 is 10.1 Å². The number of benzene rings is 1. The normalized spacial score (nSPS) is 11.6. The molecule has 2 aromatic rings. The number of nitrogens with one attached hydrogen (secondary N) is 1.